The fourth-order valence-electron chi connectivity index (χ4n) is 1.46. The number of nitrogens with two attached hydrogens (primary N) is 1. The number of carbonyl (C=O) groups is 1. The first-order chi connectivity index (χ1) is 7.95. The summed E-state index contributed by atoms with van der Waals surface area (Å²) < 4.78 is 0. The smallest absolute Gasteiger partial charge is 0.251 e. The molecule has 17 heavy (non-hydrogen) atoms. The topological polar surface area (TPSA) is 78.6 Å². The lowest BCUT2D eigenvalue weighted by Crippen LogP contribution is -2.35. The van der Waals surface area contributed by atoms with E-state index in [9.17, 15) is 4.79 Å². The van der Waals surface area contributed by atoms with Crippen molar-refractivity contribution in [3.05, 3.63) is 23.8 Å². The van der Waals surface area contributed by atoms with Crippen LogP contribution in [-0.4, -0.2) is 37.8 Å². The first-order valence-corrected chi connectivity index (χ1v) is 5.44. The van der Waals surface area contributed by atoms with Crippen molar-refractivity contribution in [2.24, 2.45) is 0 Å². The van der Waals surface area contributed by atoms with Crippen LogP contribution in [0.4, 0.5) is 11.4 Å². The predicted octanol–water partition coefficient (Wildman–Crippen LogP) is 0.445. The summed E-state index contributed by atoms with van der Waals surface area (Å²) in [4.78, 5) is 13.6. The summed E-state index contributed by atoms with van der Waals surface area (Å²) in [7, 11) is 3.78. The lowest BCUT2D eigenvalue weighted by Gasteiger charge is -2.16. The van der Waals surface area contributed by atoms with E-state index >= 15 is 0 Å². The highest BCUT2D eigenvalue weighted by molar-refractivity contribution is 5.96. The zero-order valence-corrected chi connectivity index (χ0v) is 10.4. The maximum atomic E-state index is 11.8. The Hall–Kier alpha value is -1.75. The summed E-state index contributed by atoms with van der Waals surface area (Å²) in [6.45, 7) is 1.65. The number of carbonyl (C=O) groups excluding carboxylic acids is 1. The lowest BCUT2D eigenvalue weighted by atomic mass is 10.1. The third-order valence-corrected chi connectivity index (χ3v) is 2.42. The minimum Gasteiger partial charge on any atom is -0.397 e. The molecule has 1 aromatic carbocycles. The van der Waals surface area contributed by atoms with E-state index < -0.39 is 0 Å². The molecule has 0 saturated heterocycles. The average Bonchev–Trinajstić information content (AvgIpc) is 2.28. The number of hydrogen-bond acceptors (Lipinski definition) is 4. The van der Waals surface area contributed by atoms with E-state index in [2.05, 4.69) is 5.32 Å². The molecule has 1 rings (SSSR count). The lowest BCUT2D eigenvalue weighted by molar-refractivity contribution is 0.0922. The summed E-state index contributed by atoms with van der Waals surface area (Å²) in [5, 5.41) is 11.5. The molecule has 4 N–H and O–H groups in total. The molecule has 94 valence electrons. The Kier molecular flexibility index (Phi) is 4.34. The number of rotatable bonds is 4. The second-order valence-corrected chi connectivity index (χ2v) is 4.23. The van der Waals surface area contributed by atoms with Gasteiger partial charge in [0.15, 0.2) is 0 Å². The molecule has 5 heteroatoms. The van der Waals surface area contributed by atoms with Crippen molar-refractivity contribution in [2.75, 3.05) is 31.3 Å². The number of benzene rings is 1. The van der Waals surface area contributed by atoms with Crippen molar-refractivity contribution in [1.29, 1.82) is 0 Å². The Labute approximate surface area is 101 Å². The number of hydrogen-bond donors (Lipinski definition) is 3. The highest BCUT2D eigenvalue weighted by Crippen LogP contribution is 2.22. The largest absolute Gasteiger partial charge is 0.397 e. The second kappa shape index (κ2) is 5.54. The summed E-state index contributed by atoms with van der Waals surface area (Å²) in [6, 6.07) is 4.88. The number of aliphatic hydroxyl groups excluding tert-OH is 1. The third-order valence-electron chi connectivity index (χ3n) is 2.42. The van der Waals surface area contributed by atoms with Crippen molar-refractivity contribution in [3.8, 4) is 0 Å². The normalized spacial score (nSPS) is 12.0. The van der Waals surface area contributed by atoms with Crippen LogP contribution in [0.3, 0.4) is 0 Å². The molecule has 0 aliphatic heterocycles. The minimum absolute atomic E-state index is 0.0863. The van der Waals surface area contributed by atoms with Gasteiger partial charge in [-0.05, 0) is 25.1 Å². The highest BCUT2D eigenvalue weighted by atomic mass is 16.3. The molecule has 0 saturated carbocycles. The minimum atomic E-state index is -0.266. The molecular formula is C12H19N3O2. The summed E-state index contributed by atoms with van der Waals surface area (Å²) in [5.74, 6) is -0.233. The fraction of sp³-hybridized carbons (Fsp3) is 0.417. The molecule has 0 spiro atoms. The summed E-state index contributed by atoms with van der Waals surface area (Å²) in [5.41, 5.74) is 7.77. The van der Waals surface area contributed by atoms with E-state index in [-0.39, 0.29) is 18.6 Å². The van der Waals surface area contributed by atoms with Crippen LogP contribution in [0.5, 0.6) is 0 Å². The van der Waals surface area contributed by atoms with Gasteiger partial charge in [-0.2, -0.15) is 0 Å². The summed E-state index contributed by atoms with van der Waals surface area (Å²) in [6.07, 6.45) is 0. The molecule has 0 aliphatic carbocycles. The molecule has 0 radical (unpaired) electrons. The van der Waals surface area contributed by atoms with Gasteiger partial charge in [-0.15, -0.1) is 0 Å². The van der Waals surface area contributed by atoms with Crippen LogP contribution in [0.25, 0.3) is 0 Å². The molecule has 0 aliphatic rings. The average molecular weight is 237 g/mol. The van der Waals surface area contributed by atoms with Crippen molar-refractivity contribution in [2.45, 2.75) is 13.0 Å². The Morgan fingerprint density at radius 3 is 2.65 bits per heavy atom. The van der Waals surface area contributed by atoms with Crippen molar-refractivity contribution >= 4 is 17.3 Å². The van der Waals surface area contributed by atoms with E-state index in [4.69, 9.17) is 10.8 Å². The second-order valence-electron chi connectivity index (χ2n) is 4.23. The molecule has 1 atom stereocenters. The van der Waals surface area contributed by atoms with Gasteiger partial charge in [-0.1, -0.05) is 0 Å². The van der Waals surface area contributed by atoms with Gasteiger partial charge < -0.3 is 21.1 Å². The van der Waals surface area contributed by atoms with E-state index in [1.54, 1.807) is 25.1 Å². The van der Waals surface area contributed by atoms with E-state index in [0.717, 1.165) is 5.69 Å². The zero-order valence-electron chi connectivity index (χ0n) is 10.4. The van der Waals surface area contributed by atoms with E-state index in [1.165, 1.54) is 0 Å². The number of nitrogens with zero attached hydrogens (tertiary/aromatic N) is 1. The van der Waals surface area contributed by atoms with Crippen LogP contribution in [-0.2, 0) is 0 Å². The molecule has 0 bridgehead atoms. The molecule has 1 amide bonds. The Balaban J connectivity index is 2.86. The van der Waals surface area contributed by atoms with Gasteiger partial charge in [0, 0.05) is 25.7 Å². The first kappa shape index (κ1) is 13.3. The zero-order chi connectivity index (χ0) is 13.0. The number of anilines is 2. The third kappa shape index (κ3) is 3.35. The molecule has 0 heterocycles. The number of aliphatic hydroxyl groups is 1. The van der Waals surface area contributed by atoms with Crippen LogP contribution < -0.4 is 16.0 Å². The van der Waals surface area contributed by atoms with Crippen LogP contribution >= 0.6 is 0 Å². The maximum absolute atomic E-state index is 11.8. The van der Waals surface area contributed by atoms with Crippen molar-refractivity contribution < 1.29 is 9.90 Å². The van der Waals surface area contributed by atoms with Crippen LogP contribution in [0, 0.1) is 0 Å². The van der Waals surface area contributed by atoms with Gasteiger partial charge in [0.2, 0.25) is 0 Å². The van der Waals surface area contributed by atoms with Crippen molar-refractivity contribution in [1.82, 2.24) is 5.32 Å². The highest BCUT2D eigenvalue weighted by Gasteiger charge is 2.11. The van der Waals surface area contributed by atoms with Gasteiger partial charge >= 0.3 is 0 Å². The Morgan fingerprint density at radius 1 is 1.53 bits per heavy atom. The molecular weight excluding hydrogens is 218 g/mol. The van der Waals surface area contributed by atoms with Crippen LogP contribution in [0.2, 0.25) is 0 Å². The van der Waals surface area contributed by atoms with E-state index in [1.807, 2.05) is 19.0 Å². The van der Waals surface area contributed by atoms with Gasteiger partial charge in [-0.25, -0.2) is 0 Å². The van der Waals surface area contributed by atoms with Crippen molar-refractivity contribution in [3.63, 3.8) is 0 Å². The fourth-order valence-corrected chi connectivity index (χ4v) is 1.46. The molecule has 0 aromatic heterocycles. The van der Waals surface area contributed by atoms with Gasteiger partial charge in [0.05, 0.1) is 18.0 Å². The Bertz CT molecular complexity index is 405. The summed E-state index contributed by atoms with van der Waals surface area (Å²) >= 11 is 0. The monoisotopic (exact) mass is 237 g/mol. The van der Waals surface area contributed by atoms with E-state index in [0.29, 0.717) is 11.3 Å². The quantitative estimate of drug-likeness (QED) is 0.664. The first-order valence-electron chi connectivity index (χ1n) is 5.44. The molecule has 1 unspecified atom stereocenters. The van der Waals surface area contributed by atoms with Gasteiger partial charge in [0.1, 0.15) is 0 Å². The van der Waals surface area contributed by atoms with Gasteiger partial charge in [-0.3, -0.25) is 4.79 Å². The standard InChI is InChI=1S/C12H19N3O2/c1-8(7-16)14-12(17)9-4-5-11(15(2)3)10(13)6-9/h4-6,8,16H,7,13H2,1-3H3,(H,14,17). The maximum Gasteiger partial charge on any atom is 0.251 e. The van der Waals surface area contributed by atoms with Crippen LogP contribution in [0.1, 0.15) is 17.3 Å². The molecule has 5 nitrogen and oxygen atoms in total. The SMILES string of the molecule is CC(CO)NC(=O)c1ccc(N(C)C)c(N)c1. The number of nitrogens with one attached hydrogen (secondary N) is 1. The predicted molar refractivity (Wildman–Crippen MR) is 69.2 cm³/mol. The number of amides is 1. The van der Waals surface area contributed by atoms with Crippen LogP contribution in [0.15, 0.2) is 18.2 Å². The molecule has 0 fully saturated rings. The molecule has 1 aromatic rings. The van der Waals surface area contributed by atoms with Gasteiger partial charge in [0.25, 0.3) is 5.91 Å². The Morgan fingerprint density at radius 2 is 2.18 bits per heavy atom. The number of nitrogen functional groups attached to an aromatic ring is 1.